The lowest BCUT2D eigenvalue weighted by atomic mass is 9.54. The minimum Gasteiger partial charge on any atom is -0.465 e. The zero-order valence-electron chi connectivity index (χ0n) is 15.7. The SMILES string of the molecule is COC(=O)c1sc2cc(NC(=S)NC3C4CC5CC(C4)CC3C5)ccc2c1Cl. The summed E-state index contributed by atoms with van der Waals surface area (Å²) in [5.41, 5.74) is 0.906. The maximum absolute atomic E-state index is 11.9. The minimum absolute atomic E-state index is 0.403. The molecule has 4 fully saturated rings. The Hall–Kier alpha value is -1.37. The number of hydrogen-bond acceptors (Lipinski definition) is 4. The molecule has 4 bridgehead atoms. The average Bonchev–Trinajstić information content (AvgIpc) is 2.99. The van der Waals surface area contributed by atoms with Crippen LogP contribution in [0.2, 0.25) is 5.02 Å². The van der Waals surface area contributed by atoms with Crippen LogP contribution < -0.4 is 10.6 Å². The van der Waals surface area contributed by atoms with Gasteiger partial charge in [0.1, 0.15) is 4.88 Å². The molecule has 4 saturated carbocycles. The van der Waals surface area contributed by atoms with Gasteiger partial charge in [-0.2, -0.15) is 0 Å². The van der Waals surface area contributed by atoms with Crippen LogP contribution in [0.1, 0.15) is 41.8 Å². The van der Waals surface area contributed by atoms with Crippen LogP contribution in [0, 0.1) is 23.7 Å². The molecule has 0 spiro atoms. The summed E-state index contributed by atoms with van der Waals surface area (Å²) >= 11 is 13.3. The van der Waals surface area contributed by atoms with Gasteiger partial charge in [0, 0.05) is 21.8 Å². The normalized spacial score (nSPS) is 30.4. The Morgan fingerprint density at radius 1 is 1.18 bits per heavy atom. The van der Waals surface area contributed by atoms with E-state index < -0.39 is 5.97 Å². The third-order valence-corrected chi connectivity index (χ3v) is 8.64. The smallest absolute Gasteiger partial charge is 0.349 e. The number of esters is 1. The lowest BCUT2D eigenvalue weighted by Crippen LogP contribution is -2.56. The van der Waals surface area contributed by atoms with E-state index in [1.54, 1.807) is 0 Å². The van der Waals surface area contributed by atoms with Crippen molar-refractivity contribution in [3.05, 3.63) is 28.1 Å². The first-order valence-corrected chi connectivity index (χ1v) is 11.5. The molecule has 4 aliphatic carbocycles. The fraction of sp³-hybridized carbons (Fsp3) is 0.524. The highest BCUT2D eigenvalue weighted by atomic mass is 35.5. The van der Waals surface area contributed by atoms with Crippen LogP contribution >= 0.6 is 35.2 Å². The number of hydrogen-bond donors (Lipinski definition) is 2. The Labute approximate surface area is 179 Å². The highest BCUT2D eigenvalue weighted by Crippen LogP contribution is 2.53. The first-order valence-electron chi connectivity index (χ1n) is 9.89. The van der Waals surface area contributed by atoms with Crippen molar-refractivity contribution in [3.8, 4) is 0 Å². The maximum Gasteiger partial charge on any atom is 0.349 e. The fourth-order valence-electron chi connectivity index (χ4n) is 5.85. The number of ether oxygens (including phenoxy) is 1. The van der Waals surface area contributed by atoms with E-state index >= 15 is 0 Å². The van der Waals surface area contributed by atoms with Gasteiger partial charge in [-0.15, -0.1) is 11.3 Å². The molecule has 0 amide bonds. The summed E-state index contributed by atoms with van der Waals surface area (Å²) in [4.78, 5) is 12.3. The number of nitrogens with one attached hydrogen (secondary N) is 2. The Bertz CT molecular complexity index is 929. The second-order valence-corrected chi connectivity index (χ2v) is 10.3. The van der Waals surface area contributed by atoms with Crippen LogP contribution in [0.25, 0.3) is 10.1 Å². The van der Waals surface area contributed by atoms with E-state index in [1.807, 2.05) is 18.2 Å². The predicted octanol–water partition coefficient (Wildman–Crippen LogP) is 5.45. The molecule has 0 saturated heterocycles. The third kappa shape index (κ3) is 3.19. The number of benzene rings is 1. The van der Waals surface area contributed by atoms with Gasteiger partial charge < -0.3 is 15.4 Å². The van der Waals surface area contributed by atoms with E-state index in [1.165, 1.54) is 50.6 Å². The van der Waals surface area contributed by atoms with Crippen molar-refractivity contribution in [3.63, 3.8) is 0 Å². The van der Waals surface area contributed by atoms with Crippen molar-refractivity contribution in [2.75, 3.05) is 12.4 Å². The summed E-state index contributed by atoms with van der Waals surface area (Å²) in [6, 6.07) is 6.38. The highest BCUT2D eigenvalue weighted by Gasteiger charge is 2.48. The molecule has 2 aromatic rings. The summed E-state index contributed by atoms with van der Waals surface area (Å²) in [5, 5.41) is 8.96. The van der Waals surface area contributed by atoms with Gasteiger partial charge in [0.05, 0.1) is 12.1 Å². The Morgan fingerprint density at radius 3 is 2.50 bits per heavy atom. The molecule has 4 nitrogen and oxygen atoms in total. The summed E-state index contributed by atoms with van der Waals surface area (Å²) in [6.45, 7) is 0. The monoisotopic (exact) mass is 434 g/mol. The van der Waals surface area contributed by atoms with E-state index in [0.29, 0.717) is 21.1 Å². The van der Waals surface area contributed by atoms with E-state index in [-0.39, 0.29) is 0 Å². The van der Waals surface area contributed by atoms with Gasteiger partial charge in [0.15, 0.2) is 5.11 Å². The number of halogens is 1. The molecular formula is C21H23ClN2O2S2. The van der Waals surface area contributed by atoms with Gasteiger partial charge in [0.25, 0.3) is 0 Å². The third-order valence-electron chi connectivity index (χ3n) is 6.78. The van der Waals surface area contributed by atoms with E-state index in [9.17, 15) is 4.79 Å². The molecule has 1 aromatic heterocycles. The predicted molar refractivity (Wildman–Crippen MR) is 118 cm³/mol. The van der Waals surface area contributed by atoms with E-state index in [2.05, 4.69) is 10.6 Å². The molecule has 0 atom stereocenters. The minimum atomic E-state index is -0.403. The number of fused-ring (bicyclic) bond motifs is 1. The van der Waals surface area contributed by atoms with Crippen molar-refractivity contribution in [1.29, 1.82) is 0 Å². The molecule has 1 aromatic carbocycles. The number of thiophene rings is 1. The largest absolute Gasteiger partial charge is 0.465 e. The summed E-state index contributed by atoms with van der Waals surface area (Å²) < 4.78 is 5.75. The number of rotatable bonds is 3. The molecule has 4 aliphatic rings. The molecule has 0 aliphatic heterocycles. The first-order chi connectivity index (χ1) is 13.5. The lowest BCUT2D eigenvalue weighted by Gasteiger charge is -2.54. The Kier molecular flexibility index (Phi) is 4.76. The van der Waals surface area contributed by atoms with Gasteiger partial charge in [-0.3, -0.25) is 0 Å². The number of methoxy groups -OCH3 is 1. The molecule has 0 radical (unpaired) electrons. The van der Waals surface area contributed by atoms with Gasteiger partial charge in [0.2, 0.25) is 0 Å². The number of carbonyl (C=O) groups is 1. The Balaban J connectivity index is 1.30. The summed E-state index contributed by atoms with van der Waals surface area (Å²) in [5.74, 6) is 3.06. The summed E-state index contributed by atoms with van der Waals surface area (Å²) in [6.07, 6.45) is 6.92. The standard InChI is InChI=1S/C21H23ClN2O2S2/c1-26-20(25)19-17(22)15-3-2-14(9-16(15)28-19)23-21(27)24-18-12-5-10-4-11(7-12)8-13(18)6-10/h2-3,9-13,18H,4-8H2,1H3,(H2,23,24,27). The first kappa shape index (κ1) is 18.6. The molecule has 7 heteroatoms. The van der Waals surface area contributed by atoms with Crippen LogP contribution in [0.15, 0.2) is 18.2 Å². The molecule has 2 N–H and O–H groups in total. The average molecular weight is 435 g/mol. The topological polar surface area (TPSA) is 50.4 Å². The molecule has 28 heavy (non-hydrogen) atoms. The van der Waals surface area contributed by atoms with E-state index in [4.69, 9.17) is 28.6 Å². The molecular weight excluding hydrogens is 412 g/mol. The van der Waals surface area contributed by atoms with E-state index in [0.717, 1.165) is 39.4 Å². The van der Waals surface area contributed by atoms with Gasteiger partial charge >= 0.3 is 5.97 Å². The van der Waals surface area contributed by atoms with Crippen molar-refractivity contribution >= 4 is 62.0 Å². The molecule has 0 unspecified atom stereocenters. The van der Waals surface area contributed by atoms with Crippen molar-refractivity contribution in [1.82, 2.24) is 5.32 Å². The number of anilines is 1. The molecule has 6 rings (SSSR count). The van der Waals surface area contributed by atoms with Gasteiger partial charge in [-0.1, -0.05) is 11.6 Å². The Morgan fingerprint density at radius 2 is 1.86 bits per heavy atom. The van der Waals surface area contributed by atoms with Crippen LogP contribution in [0.3, 0.4) is 0 Å². The van der Waals surface area contributed by atoms with Crippen LogP contribution in [0.4, 0.5) is 5.69 Å². The van der Waals surface area contributed by atoms with Crippen molar-refractivity contribution in [2.45, 2.75) is 38.1 Å². The van der Waals surface area contributed by atoms with Crippen LogP contribution in [-0.2, 0) is 4.74 Å². The van der Waals surface area contributed by atoms with Crippen molar-refractivity contribution < 1.29 is 9.53 Å². The molecule has 148 valence electrons. The quantitative estimate of drug-likeness (QED) is 0.496. The lowest BCUT2D eigenvalue weighted by molar-refractivity contribution is -0.00665. The highest BCUT2D eigenvalue weighted by molar-refractivity contribution is 7.80. The zero-order chi connectivity index (χ0) is 19.4. The van der Waals surface area contributed by atoms with Gasteiger partial charge in [-0.05, 0) is 86.2 Å². The number of carbonyl (C=O) groups excluding carboxylic acids is 1. The second-order valence-electron chi connectivity index (χ2n) is 8.50. The number of thiocarbonyl (C=S) groups is 1. The van der Waals surface area contributed by atoms with Crippen molar-refractivity contribution in [2.24, 2.45) is 23.7 Å². The fourth-order valence-corrected chi connectivity index (χ4v) is 7.57. The van der Waals surface area contributed by atoms with Crippen LogP contribution in [0.5, 0.6) is 0 Å². The zero-order valence-corrected chi connectivity index (χ0v) is 18.1. The summed E-state index contributed by atoms with van der Waals surface area (Å²) in [7, 11) is 1.37. The van der Waals surface area contributed by atoms with Gasteiger partial charge in [-0.25, -0.2) is 4.79 Å². The molecule has 1 heterocycles. The second kappa shape index (κ2) is 7.15. The maximum atomic E-state index is 11.9. The van der Waals surface area contributed by atoms with Crippen LogP contribution in [-0.4, -0.2) is 24.2 Å².